The van der Waals surface area contributed by atoms with E-state index in [4.69, 9.17) is 24.7 Å². The Morgan fingerprint density at radius 2 is 0.407 bits per heavy atom. The van der Waals surface area contributed by atoms with Gasteiger partial charge in [0.15, 0.2) is 49.9 Å². The van der Waals surface area contributed by atoms with E-state index in [2.05, 4.69) is 169 Å². The van der Waals surface area contributed by atoms with E-state index in [9.17, 15) is 28.8 Å². The Morgan fingerprint density at radius 3 is 0.531 bits per heavy atom. The van der Waals surface area contributed by atoms with E-state index >= 15 is 0 Å². The normalized spacial score (nSPS) is 12.6. The third kappa shape index (κ3) is 50.8. The van der Waals surface area contributed by atoms with E-state index in [-0.39, 0.29) is 35.4 Å². The van der Waals surface area contributed by atoms with E-state index in [0.29, 0.717) is 56.0 Å². The van der Waals surface area contributed by atoms with Gasteiger partial charge in [0.2, 0.25) is 35.4 Å². The van der Waals surface area contributed by atoms with Crippen LogP contribution in [-0.2, 0) is 53.5 Å². The molecule has 0 bridgehead atoms. The molecule has 0 saturated heterocycles. The van der Waals surface area contributed by atoms with E-state index in [1.54, 1.807) is 41.5 Å². The largest absolute Gasteiger partial charge is 0.437 e. The molecule has 0 radical (unpaired) electrons. The molecule has 0 saturated carbocycles. The molecule has 81 heavy (non-hydrogen) atoms. The zero-order chi connectivity index (χ0) is 63.9. The Morgan fingerprint density at radius 1 is 0.272 bits per heavy atom. The van der Waals surface area contributed by atoms with E-state index in [0.717, 1.165) is 74.8 Å². The minimum absolute atomic E-state index is 0.0145. The third-order valence-corrected chi connectivity index (χ3v) is 46.4. The topological polar surface area (TPSA) is 230 Å². The van der Waals surface area contributed by atoms with Crippen LogP contribution in [0.25, 0.3) is 0 Å². The monoisotopic (exact) mass is 1300 g/mol. The summed E-state index contributed by atoms with van der Waals surface area (Å²) in [6.07, 6.45) is 5.52. The fourth-order valence-corrected chi connectivity index (χ4v) is 51.5. The molecule has 6 amide bonds. The van der Waals surface area contributed by atoms with Crippen LogP contribution in [-0.4, -0.2) is 150 Å². The van der Waals surface area contributed by atoms with Crippen LogP contribution in [0.2, 0.25) is 154 Å². The second kappa shape index (κ2) is 38.7. The first-order valence-corrected chi connectivity index (χ1v) is 56.4. The summed E-state index contributed by atoms with van der Waals surface area (Å²) in [5.74, 6) is -0.205. The second-order valence-corrected chi connectivity index (χ2v) is 64.0. The van der Waals surface area contributed by atoms with Crippen LogP contribution in [0.1, 0.15) is 80.1 Å². The number of amides is 6. The molecule has 0 heterocycles. The molecule has 0 aliphatic heterocycles. The quantitative estimate of drug-likeness (QED) is 0.0192. The van der Waals surface area contributed by atoms with E-state index in [1.165, 1.54) is 0 Å². The van der Waals surface area contributed by atoms with Gasteiger partial charge in [-0.3, -0.25) is 28.8 Å². The van der Waals surface area contributed by atoms with E-state index < -0.39 is 75.6 Å². The van der Waals surface area contributed by atoms with Crippen LogP contribution >= 0.6 is 0 Å². The van der Waals surface area contributed by atoms with Gasteiger partial charge in [0.1, 0.15) is 0 Å². The number of rotatable bonds is 39. The maximum Gasteiger partial charge on any atom is 0.311 e. The van der Waals surface area contributed by atoms with Crippen LogP contribution in [0.15, 0.2) is 36.5 Å². The van der Waals surface area contributed by atoms with Gasteiger partial charge in [-0.05, 0) is 213 Å². The molecule has 18 nitrogen and oxygen atoms in total. The SMILES string of the molecule is C=C(C)C(=O)NCCC[Si](C)(C)O[Si](C)(C)O[Si](C)(C)CCCNC(=O)C(=C)C.C=C(C)C(=O)NCCC[Si](C)(C)O[Si](C)(C)O[Si](C)(C)CCCNC(C)=O.CC(=O)NCCC[Si](C)(C)O[Si](C)(C)O[Si](C)(C)CCCNC(C)=O. The lowest BCUT2D eigenvalue weighted by Gasteiger charge is -2.39. The van der Waals surface area contributed by atoms with Crippen molar-refractivity contribution in [1.29, 1.82) is 0 Å². The molecular formula is C54H120N6O12Si9. The summed E-state index contributed by atoms with van der Waals surface area (Å²) in [5.41, 5.74) is 1.60. The van der Waals surface area contributed by atoms with Gasteiger partial charge in [0.25, 0.3) is 0 Å². The van der Waals surface area contributed by atoms with Gasteiger partial charge < -0.3 is 56.6 Å². The molecule has 27 heteroatoms. The fraction of sp³-hybridized carbons (Fsp3) is 0.778. The van der Waals surface area contributed by atoms with Crippen molar-refractivity contribution in [2.24, 2.45) is 0 Å². The number of carbonyl (C=O) groups is 6. The molecule has 0 aromatic rings. The molecular weight excluding hydrogens is 1180 g/mol. The maximum absolute atomic E-state index is 11.6. The lowest BCUT2D eigenvalue weighted by molar-refractivity contribution is -0.119. The van der Waals surface area contributed by atoms with Crippen molar-refractivity contribution < 1.29 is 53.5 Å². The van der Waals surface area contributed by atoms with Crippen molar-refractivity contribution >= 4 is 111 Å². The van der Waals surface area contributed by atoms with Gasteiger partial charge in [-0.1, -0.05) is 19.7 Å². The summed E-state index contributed by atoms with van der Waals surface area (Å²) >= 11 is 0. The van der Waals surface area contributed by atoms with Crippen molar-refractivity contribution in [2.75, 3.05) is 39.3 Å². The predicted molar refractivity (Wildman–Crippen MR) is 360 cm³/mol. The van der Waals surface area contributed by atoms with Crippen molar-refractivity contribution in [2.45, 2.75) is 234 Å². The number of carbonyl (C=O) groups excluding carboxylic acids is 6. The van der Waals surface area contributed by atoms with Crippen molar-refractivity contribution in [3.05, 3.63) is 36.5 Å². The molecule has 0 aromatic heterocycles. The van der Waals surface area contributed by atoms with Gasteiger partial charge in [0, 0.05) is 76.8 Å². The summed E-state index contributed by atoms with van der Waals surface area (Å²) in [5, 5.41) is 17.2. The first-order chi connectivity index (χ1) is 36.5. The Labute approximate surface area is 503 Å². The fourth-order valence-electron chi connectivity index (χ4n) is 9.30. The zero-order valence-electron chi connectivity index (χ0n) is 55.7. The van der Waals surface area contributed by atoms with Gasteiger partial charge in [-0.2, -0.15) is 0 Å². The number of hydrogen-bond donors (Lipinski definition) is 6. The smallest absolute Gasteiger partial charge is 0.311 e. The average Bonchev–Trinajstić information content (AvgIpc) is 3.24. The van der Waals surface area contributed by atoms with Gasteiger partial charge >= 0.3 is 25.7 Å². The highest BCUT2D eigenvalue weighted by Crippen LogP contribution is 2.29. The van der Waals surface area contributed by atoms with Gasteiger partial charge in [-0.25, -0.2) is 0 Å². The average molecular weight is 1300 g/mol. The van der Waals surface area contributed by atoms with Crippen LogP contribution < -0.4 is 31.9 Å². The minimum atomic E-state index is -2.25. The first-order valence-electron chi connectivity index (χ1n) is 29.2. The Bertz CT molecular complexity index is 1920. The third-order valence-electron chi connectivity index (χ3n) is 12.0. The molecule has 0 rings (SSSR count). The number of hydrogen-bond acceptors (Lipinski definition) is 12. The predicted octanol–water partition coefficient (Wildman–Crippen LogP) is 11.2. The van der Waals surface area contributed by atoms with Gasteiger partial charge in [0.05, 0.1) is 0 Å². The Balaban J connectivity index is -0.00000113. The highest BCUT2D eigenvalue weighted by molar-refractivity contribution is 6.89. The molecule has 0 unspecified atom stereocenters. The summed E-state index contributed by atoms with van der Waals surface area (Å²) in [6, 6.07) is 5.95. The Hall–Kier alpha value is -2.25. The van der Waals surface area contributed by atoms with Crippen LogP contribution in [0, 0.1) is 0 Å². The lowest BCUT2D eigenvalue weighted by Crippen LogP contribution is -2.52. The minimum Gasteiger partial charge on any atom is -0.437 e. The van der Waals surface area contributed by atoms with Crippen molar-refractivity contribution in [3.63, 3.8) is 0 Å². The van der Waals surface area contributed by atoms with Crippen molar-refractivity contribution in [3.8, 4) is 0 Å². The number of nitrogens with one attached hydrogen (secondary N) is 6. The second-order valence-electron chi connectivity index (χ2n) is 26.5. The zero-order valence-corrected chi connectivity index (χ0v) is 64.7. The summed E-state index contributed by atoms with van der Waals surface area (Å²) < 4.78 is 39.3. The van der Waals surface area contributed by atoms with Crippen molar-refractivity contribution in [1.82, 2.24) is 31.9 Å². The highest BCUT2D eigenvalue weighted by Gasteiger charge is 2.42. The van der Waals surface area contributed by atoms with Crippen LogP contribution in [0.4, 0.5) is 0 Å². The first kappa shape index (κ1) is 83.0. The summed E-state index contributed by atoms with van der Waals surface area (Å²) in [7, 11) is -17.8. The highest BCUT2D eigenvalue weighted by atomic mass is 28.5. The molecule has 0 atom stereocenters. The molecule has 0 aliphatic rings. The van der Waals surface area contributed by atoms with Crippen LogP contribution in [0.5, 0.6) is 0 Å². The molecule has 0 aromatic carbocycles. The molecule has 6 N–H and O–H groups in total. The molecule has 474 valence electrons. The summed E-state index contributed by atoms with van der Waals surface area (Å²) in [6.45, 7) is 64.2. The molecule has 0 aliphatic carbocycles. The maximum atomic E-state index is 11.6. The van der Waals surface area contributed by atoms with E-state index in [1.807, 2.05) is 0 Å². The molecule has 0 fully saturated rings. The molecule has 0 spiro atoms. The Kier molecular flexibility index (Phi) is 39.7. The van der Waals surface area contributed by atoms with Gasteiger partial charge in [-0.15, -0.1) is 0 Å². The lowest BCUT2D eigenvalue weighted by atomic mass is 10.3. The van der Waals surface area contributed by atoms with Crippen LogP contribution in [0.3, 0.4) is 0 Å². The summed E-state index contributed by atoms with van der Waals surface area (Å²) in [4.78, 5) is 67.5. The standard InChI is InChI=1S/C20H42N2O4Si3.C18H40N2O4Si3.C16H38N2O4Si3/c1-17(2)19(23)21-13-11-15-27(5,6)25-29(9,10)26-28(7,8)16-12-14-22-20(24)18(3)4;1-16(2)18(22)20-13-11-15-26(6,7)24-27(8,9)23-25(4,5)14-10-12-19-17(3)21;1-15(19)17-11-9-13-23(3,4)21-25(7,8)22-24(5,6)14-10-12-18-16(2)20/h1,3,11-16H2,2,4-10H3,(H,21,23)(H,22,24);1,10-15H2,2-9H3,(H,19,21)(H,20,22);9-14H2,1-8H3,(H,17,19)(H,18,20).